The number of carbonyl (C=O) groups excluding carboxylic acids is 2. The van der Waals surface area contributed by atoms with Gasteiger partial charge in [-0.2, -0.15) is 0 Å². The van der Waals surface area contributed by atoms with Crippen LogP contribution >= 0.6 is 0 Å². The van der Waals surface area contributed by atoms with E-state index in [0.29, 0.717) is 13.0 Å². The summed E-state index contributed by atoms with van der Waals surface area (Å²) >= 11 is 0. The highest BCUT2D eigenvalue weighted by molar-refractivity contribution is 6.74. The van der Waals surface area contributed by atoms with Gasteiger partial charge in [0, 0.05) is 12.3 Å². The summed E-state index contributed by atoms with van der Waals surface area (Å²) in [5, 5.41) is 13.4. The fourth-order valence-electron chi connectivity index (χ4n) is 4.76. The zero-order chi connectivity index (χ0) is 27.7. The monoisotopic (exact) mass is 533 g/mol. The Balaban J connectivity index is 2.43. The van der Waals surface area contributed by atoms with Gasteiger partial charge < -0.3 is 38.5 Å². The van der Waals surface area contributed by atoms with Crippen molar-refractivity contribution >= 4 is 20.4 Å². The SMILES string of the molecule is CCOC(=O)N[C@@H]1C(O)O[C@@H]([C@H](C)[C@@H](C[C@H]2COC(C)(C)O2)O[Si](C)(C)C(C)(C)C)[C@@]1(C)C(=O)OC. The summed E-state index contributed by atoms with van der Waals surface area (Å²) in [6.45, 7) is 20.4. The van der Waals surface area contributed by atoms with E-state index in [9.17, 15) is 14.7 Å². The fourth-order valence-corrected chi connectivity index (χ4v) is 6.18. The molecule has 2 saturated heterocycles. The number of carbonyl (C=O) groups is 2. The van der Waals surface area contributed by atoms with Crippen LogP contribution in [0.1, 0.15) is 61.8 Å². The van der Waals surface area contributed by atoms with Gasteiger partial charge in [0.25, 0.3) is 0 Å². The maximum atomic E-state index is 13.2. The van der Waals surface area contributed by atoms with Crippen LogP contribution in [0.2, 0.25) is 18.1 Å². The van der Waals surface area contributed by atoms with E-state index >= 15 is 0 Å². The average Bonchev–Trinajstić information content (AvgIpc) is 3.22. The molecular formula is C25H47NO9Si. The first-order valence-electron chi connectivity index (χ1n) is 12.7. The van der Waals surface area contributed by atoms with Gasteiger partial charge in [0.1, 0.15) is 11.5 Å². The van der Waals surface area contributed by atoms with Crippen molar-refractivity contribution in [2.45, 2.75) is 116 Å². The molecule has 210 valence electrons. The molecular weight excluding hydrogens is 486 g/mol. The Morgan fingerprint density at radius 3 is 2.31 bits per heavy atom. The van der Waals surface area contributed by atoms with Crippen molar-refractivity contribution in [2.75, 3.05) is 20.3 Å². The molecule has 2 heterocycles. The molecule has 0 aromatic carbocycles. The van der Waals surface area contributed by atoms with Crippen LogP contribution in [0.15, 0.2) is 0 Å². The lowest BCUT2D eigenvalue weighted by Gasteiger charge is -2.44. The van der Waals surface area contributed by atoms with E-state index in [0.717, 1.165) is 0 Å². The van der Waals surface area contributed by atoms with Gasteiger partial charge in [-0.15, -0.1) is 0 Å². The van der Waals surface area contributed by atoms with Gasteiger partial charge in [0.05, 0.1) is 38.6 Å². The maximum Gasteiger partial charge on any atom is 0.407 e. The van der Waals surface area contributed by atoms with Crippen molar-refractivity contribution in [1.29, 1.82) is 0 Å². The number of ether oxygens (including phenoxy) is 5. The normalized spacial score (nSPS) is 32.1. The van der Waals surface area contributed by atoms with E-state index in [-0.39, 0.29) is 29.8 Å². The Morgan fingerprint density at radius 1 is 1.22 bits per heavy atom. The summed E-state index contributed by atoms with van der Waals surface area (Å²) in [6, 6.07) is -1.07. The van der Waals surface area contributed by atoms with Crippen LogP contribution < -0.4 is 5.32 Å². The number of hydrogen-bond donors (Lipinski definition) is 2. The third kappa shape index (κ3) is 6.60. The van der Waals surface area contributed by atoms with Crippen LogP contribution in [0, 0.1) is 11.3 Å². The van der Waals surface area contributed by atoms with Gasteiger partial charge >= 0.3 is 12.1 Å². The van der Waals surface area contributed by atoms with Crippen molar-refractivity contribution in [3.05, 3.63) is 0 Å². The molecule has 1 amide bonds. The van der Waals surface area contributed by atoms with Crippen LogP contribution in [-0.4, -0.2) is 82.2 Å². The van der Waals surface area contributed by atoms with E-state index in [4.69, 9.17) is 28.1 Å². The number of rotatable bonds is 9. The lowest BCUT2D eigenvalue weighted by atomic mass is 9.72. The second-order valence-electron chi connectivity index (χ2n) is 12.0. The first-order chi connectivity index (χ1) is 16.4. The predicted octanol–water partition coefficient (Wildman–Crippen LogP) is 3.57. The Labute approximate surface area is 216 Å². The minimum absolute atomic E-state index is 0.0625. The molecule has 2 N–H and O–H groups in total. The molecule has 0 spiro atoms. The summed E-state index contributed by atoms with van der Waals surface area (Å²) in [4.78, 5) is 25.4. The van der Waals surface area contributed by atoms with Crippen molar-refractivity contribution in [3.63, 3.8) is 0 Å². The molecule has 2 rings (SSSR count). The molecule has 7 atom stereocenters. The average molecular weight is 534 g/mol. The van der Waals surface area contributed by atoms with Gasteiger partial charge in [-0.3, -0.25) is 4.79 Å². The van der Waals surface area contributed by atoms with Gasteiger partial charge in [-0.1, -0.05) is 27.7 Å². The molecule has 2 aliphatic heterocycles. The summed E-state index contributed by atoms with van der Waals surface area (Å²) < 4.78 is 34.9. The highest BCUT2D eigenvalue weighted by atomic mass is 28.4. The van der Waals surface area contributed by atoms with E-state index < -0.39 is 50.0 Å². The molecule has 0 bridgehead atoms. The van der Waals surface area contributed by atoms with Crippen molar-refractivity contribution < 1.29 is 42.8 Å². The molecule has 36 heavy (non-hydrogen) atoms. The number of hydrogen-bond acceptors (Lipinski definition) is 9. The quantitative estimate of drug-likeness (QED) is 0.338. The number of amides is 1. The molecule has 0 aromatic rings. The molecule has 0 aliphatic carbocycles. The molecule has 0 radical (unpaired) electrons. The minimum atomic E-state index is -2.26. The number of aliphatic hydroxyl groups excluding tert-OH is 1. The number of nitrogens with one attached hydrogen (secondary N) is 1. The number of esters is 1. The van der Waals surface area contributed by atoms with E-state index in [1.807, 2.05) is 20.8 Å². The molecule has 2 aliphatic rings. The third-order valence-corrected chi connectivity index (χ3v) is 12.4. The zero-order valence-electron chi connectivity index (χ0n) is 23.8. The second-order valence-corrected chi connectivity index (χ2v) is 16.8. The topological polar surface area (TPSA) is 122 Å². The highest BCUT2D eigenvalue weighted by Gasteiger charge is 2.62. The molecule has 1 unspecified atom stereocenters. The first kappa shape index (κ1) is 31.0. The van der Waals surface area contributed by atoms with Crippen molar-refractivity contribution in [3.8, 4) is 0 Å². The number of alkyl carbamates (subject to hydrolysis) is 1. The van der Waals surface area contributed by atoms with Crippen LogP contribution in [0.3, 0.4) is 0 Å². The Morgan fingerprint density at radius 2 is 1.83 bits per heavy atom. The molecule has 10 nitrogen and oxygen atoms in total. The maximum absolute atomic E-state index is 13.2. The number of aliphatic hydroxyl groups is 1. The summed E-state index contributed by atoms with van der Waals surface area (Å²) in [5.74, 6) is -1.67. The summed E-state index contributed by atoms with van der Waals surface area (Å²) in [6.07, 6.45) is -3.08. The molecule has 0 saturated carbocycles. The minimum Gasteiger partial charge on any atom is -0.468 e. The predicted molar refractivity (Wildman–Crippen MR) is 136 cm³/mol. The smallest absolute Gasteiger partial charge is 0.407 e. The Bertz CT molecular complexity index is 784. The summed E-state index contributed by atoms with van der Waals surface area (Å²) in [7, 11) is -0.988. The largest absolute Gasteiger partial charge is 0.468 e. The highest BCUT2D eigenvalue weighted by Crippen LogP contribution is 2.46. The Kier molecular flexibility index (Phi) is 9.68. The standard InChI is InChI=1S/C25H47NO9Si/c1-12-31-22(29)26-18-20(27)33-19(25(18,8)21(28)30-9)15(2)17(35-36(10,11)23(3,4)5)13-16-14-32-24(6,7)34-16/h15-20,27H,12-14H2,1-11H3,(H,26,29)/t15-,16+,17-,18-,19+,20?,25+/m1/s1. The van der Waals surface area contributed by atoms with E-state index in [1.54, 1.807) is 13.8 Å². The second kappa shape index (κ2) is 11.2. The molecule has 11 heteroatoms. The third-order valence-electron chi connectivity index (χ3n) is 7.86. The van der Waals surface area contributed by atoms with Gasteiger partial charge in [0.2, 0.25) is 0 Å². The lowest BCUT2D eigenvalue weighted by molar-refractivity contribution is -0.163. The summed E-state index contributed by atoms with van der Waals surface area (Å²) in [5.41, 5.74) is -1.40. The zero-order valence-corrected chi connectivity index (χ0v) is 24.8. The van der Waals surface area contributed by atoms with Gasteiger partial charge in [-0.05, 0) is 45.8 Å². The van der Waals surface area contributed by atoms with Crippen LogP contribution in [0.25, 0.3) is 0 Å². The van der Waals surface area contributed by atoms with E-state index in [1.165, 1.54) is 7.11 Å². The Hall–Kier alpha value is -1.24. The van der Waals surface area contributed by atoms with Crippen LogP contribution in [0.5, 0.6) is 0 Å². The lowest BCUT2D eigenvalue weighted by Crippen LogP contribution is -2.57. The van der Waals surface area contributed by atoms with Gasteiger partial charge in [-0.25, -0.2) is 4.79 Å². The molecule has 2 fully saturated rings. The van der Waals surface area contributed by atoms with E-state index in [2.05, 4.69) is 39.2 Å². The van der Waals surface area contributed by atoms with Gasteiger partial charge in [0.15, 0.2) is 20.4 Å². The molecule has 0 aromatic heterocycles. The number of methoxy groups -OCH3 is 1. The first-order valence-corrected chi connectivity index (χ1v) is 15.6. The van der Waals surface area contributed by atoms with Crippen LogP contribution in [-0.2, 0) is 32.9 Å². The van der Waals surface area contributed by atoms with Crippen molar-refractivity contribution in [2.24, 2.45) is 11.3 Å². The fraction of sp³-hybridized carbons (Fsp3) is 0.920. The van der Waals surface area contributed by atoms with Crippen molar-refractivity contribution in [1.82, 2.24) is 5.32 Å². The van der Waals surface area contributed by atoms with Crippen LogP contribution in [0.4, 0.5) is 4.79 Å².